The molecule has 2 nitrogen and oxygen atoms in total. The number of carbonyl (C=O) groups is 1. The number of aromatic carboxylic acids is 1. The van der Waals surface area contributed by atoms with Gasteiger partial charge in [-0.05, 0) is 28.4 Å². The van der Waals surface area contributed by atoms with Gasteiger partial charge in [0.25, 0.3) is 0 Å². The molecule has 1 rings (SSSR count). The number of alkyl halides is 3. The van der Waals surface area contributed by atoms with Crippen LogP contribution in [0.25, 0.3) is 0 Å². The fourth-order valence-corrected chi connectivity index (χ4v) is 1.69. The summed E-state index contributed by atoms with van der Waals surface area (Å²) < 4.78 is 63.4. The van der Waals surface area contributed by atoms with Gasteiger partial charge in [-0.2, -0.15) is 13.2 Å². The maximum atomic E-state index is 13.4. The maximum Gasteiger partial charge on any atom is 0.419 e. The van der Waals surface area contributed by atoms with E-state index in [0.717, 1.165) is 6.92 Å². The van der Waals surface area contributed by atoms with Gasteiger partial charge in [-0.1, -0.05) is 0 Å². The lowest BCUT2D eigenvalue weighted by molar-refractivity contribution is -0.140. The Hall–Kier alpha value is -1.18. The second-order valence-electron chi connectivity index (χ2n) is 3.12. The summed E-state index contributed by atoms with van der Waals surface area (Å²) in [5, 5.41) is 8.48. The third-order valence-corrected chi connectivity index (χ3v) is 3.00. The van der Waals surface area contributed by atoms with Gasteiger partial charge in [-0.25, -0.2) is 13.6 Å². The van der Waals surface area contributed by atoms with Crippen molar-refractivity contribution in [2.75, 3.05) is 0 Å². The zero-order valence-corrected chi connectivity index (χ0v) is 9.71. The van der Waals surface area contributed by atoms with Crippen molar-refractivity contribution in [1.82, 2.24) is 0 Å². The summed E-state index contributed by atoms with van der Waals surface area (Å²) in [5.74, 6) is -5.80. The van der Waals surface area contributed by atoms with E-state index in [0.29, 0.717) is 0 Å². The molecule has 0 fully saturated rings. The van der Waals surface area contributed by atoms with Crippen LogP contribution in [0.1, 0.15) is 21.5 Å². The highest BCUT2D eigenvalue weighted by Gasteiger charge is 2.40. The number of rotatable bonds is 1. The zero-order valence-electron chi connectivity index (χ0n) is 8.12. The number of benzene rings is 1. The second-order valence-corrected chi connectivity index (χ2v) is 3.91. The van der Waals surface area contributed by atoms with Crippen LogP contribution in [0.2, 0.25) is 0 Å². The second kappa shape index (κ2) is 4.25. The molecule has 0 atom stereocenters. The van der Waals surface area contributed by atoms with Crippen LogP contribution in [0.15, 0.2) is 4.47 Å². The van der Waals surface area contributed by atoms with Crippen LogP contribution < -0.4 is 0 Å². The Morgan fingerprint density at radius 1 is 1.24 bits per heavy atom. The van der Waals surface area contributed by atoms with E-state index < -0.39 is 44.9 Å². The molecule has 0 radical (unpaired) electrons. The van der Waals surface area contributed by atoms with Gasteiger partial charge < -0.3 is 5.11 Å². The van der Waals surface area contributed by atoms with Crippen molar-refractivity contribution in [2.24, 2.45) is 0 Å². The molecule has 0 heterocycles. The van der Waals surface area contributed by atoms with Crippen LogP contribution in [0.3, 0.4) is 0 Å². The van der Waals surface area contributed by atoms with Gasteiger partial charge in [0.15, 0.2) is 11.6 Å². The quantitative estimate of drug-likeness (QED) is 0.632. The number of halogens is 6. The molecule has 17 heavy (non-hydrogen) atoms. The first-order valence-corrected chi connectivity index (χ1v) is 4.85. The van der Waals surface area contributed by atoms with Crippen molar-refractivity contribution in [1.29, 1.82) is 0 Å². The van der Waals surface area contributed by atoms with Crippen LogP contribution in [0.4, 0.5) is 22.0 Å². The highest BCUT2D eigenvalue weighted by Crippen LogP contribution is 2.39. The summed E-state index contributed by atoms with van der Waals surface area (Å²) in [4.78, 5) is 10.5. The molecule has 94 valence electrons. The molecule has 0 aliphatic rings. The van der Waals surface area contributed by atoms with Gasteiger partial charge in [0, 0.05) is 0 Å². The Bertz CT molecular complexity index is 495. The molecule has 0 bridgehead atoms. The SMILES string of the molecule is Cc1c(Br)c(F)c(C(=O)O)c(F)c1C(F)(F)F. The van der Waals surface area contributed by atoms with Gasteiger partial charge >= 0.3 is 12.1 Å². The smallest absolute Gasteiger partial charge is 0.419 e. The molecular formula is C9H4BrF5O2. The Morgan fingerprint density at radius 2 is 1.71 bits per heavy atom. The number of hydrogen-bond acceptors (Lipinski definition) is 1. The zero-order chi connectivity index (χ0) is 13.5. The van der Waals surface area contributed by atoms with E-state index >= 15 is 0 Å². The summed E-state index contributed by atoms with van der Waals surface area (Å²) in [6, 6.07) is 0. The lowest BCUT2D eigenvalue weighted by Crippen LogP contribution is -2.17. The molecule has 0 saturated heterocycles. The molecule has 0 aromatic heterocycles. The highest BCUT2D eigenvalue weighted by molar-refractivity contribution is 9.10. The third-order valence-electron chi connectivity index (χ3n) is 2.05. The largest absolute Gasteiger partial charge is 0.477 e. The highest BCUT2D eigenvalue weighted by atomic mass is 79.9. The van der Waals surface area contributed by atoms with E-state index in [4.69, 9.17) is 5.11 Å². The Kier molecular flexibility index (Phi) is 3.47. The third kappa shape index (κ3) is 2.26. The summed E-state index contributed by atoms with van der Waals surface area (Å²) in [5.41, 5.74) is -4.16. The molecule has 0 aliphatic carbocycles. The molecule has 0 saturated carbocycles. The topological polar surface area (TPSA) is 37.3 Å². The summed E-state index contributed by atoms with van der Waals surface area (Å²) in [6.45, 7) is 0.838. The van der Waals surface area contributed by atoms with Crippen molar-refractivity contribution in [3.63, 3.8) is 0 Å². The first kappa shape index (κ1) is 13.9. The van der Waals surface area contributed by atoms with Gasteiger partial charge in [0.05, 0.1) is 10.0 Å². The minimum absolute atomic E-state index is 0.719. The predicted molar refractivity (Wildman–Crippen MR) is 50.8 cm³/mol. The first-order valence-electron chi connectivity index (χ1n) is 4.06. The summed E-state index contributed by atoms with van der Waals surface area (Å²) in [6.07, 6.45) is -5.10. The van der Waals surface area contributed by atoms with Crippen LogP contribution in [-0.4, -0.2) is 11.1 Å². The lowest BCUT2D eigenvalue weighted by Gasteiger charge is -2.15. The monoisotopic (exact) mass is 318 g/mol. The Morgan fingerprint density at radius 3 is 2.06 bits per heavy atom. The minimum Gasteiger partial charge on any atom is -0.477 e. The molecule has 0 spiro atoms. The van der Waals surface area contributed by atoms with E-state index in [1.165, 1.54) is 0 Å². The first-order chi connectivity index (χ1) is 7.59. The fraction of sp³-hybridized carbons (Fsp3) is 0.222. The molecule has 1 aromatic carbocycles. The van der Waals surface area contributed by atoms with Crippen LogP contribution >= 0.6 is 15.9 Å². The van der Waals surface area contributed by atoms with Crippen LogP contribution in [0, 0.1) is 18.6 Å². The molecule has 0 unspecified atom stereocenters. The van der Waals surface area contributed by atoms with Gasteiger partial charge in [-0.15, -0.1) is 0 Å². The van der Waals surface area contributed by atoms with Crippen molar-refractivity contribution < 1.29 is 31.9 Å². The Labute approximate surface area is 100 Å². The number of carboxylic acid groups (broad SMARTS) is 1. The molecule has 1 N–H and O–H groups in total. The predicted octanol–water partition coefficient (Wildman–Crippen LogP) is 3.75. The minimum atomic E-state index is -5.10. The fourth-order valence-electron chi connectivity index (χ4n) is 1.29. The average Bonchev–Trinajstić information content (AvgIpc) is 2.11. The van der Waals surface area contributed by atoms with E-state index in [-0.39, 0.29) is 0 Å². The van der Waals surface area contributed by atoms with Crippen molar-refractivity contribution in [3.05, 3.63) is 32.8 Å². The van der Waals surface area contributed by atoms with Gasteiger partial charge in [-0.3, -0.25) is 0 Å². The van der Waals surface area contributed by atoms with Crippen LogP contribution in [-0.2, 0) is 6.18 Å². The van der Waals surface area contributed by atoms with Crippen molar-refractivity contribution >= 4 is 21.9 Å². The van der Waals surface area contributed by atoms with E-state index in [1.807, 2.05) is 0 Å². The molecule has 1 aromatic rings. The molecular weight excluding hydrogens is 315 g/mol. The number of carboxylic acids is 1. The van der Waals surface area contributed by atoms with Crippen LogP contribution in [0.5, 0.6) is 0 Å². The standard InChI is InChI=1S/C9H4BrF5O2/c1-2-4(9(13,14)15)6(11)3(8(16)17)7(12)5(2)10/h1H3,(H,16,17). The molecule has 8 heteroatoms. The normalized spacial score (nSPS) is 11.7. The van der Waals surface area contributed by atoms with E-state index in [9.17, 15) is 26.7 Å². The molecule has 0 amide bonds. The molecule has 0 aliphatic heterocycles. The van der Waals surface area contributed by atoms with Crippen molar-refractivity contribution in [3.8, 4) is 0 Å². The van der Waals surface area contributed by atoms with E-state index in [1.54, 1.807) is 0 Å². The van der Waals surface area contributed by atoms with Gasteiger partial charge in [0.2, 0.25) is 0 Å². The maximum absolute atomic E-state index is 13.4. The van der Waals surface area contributed by atoms with E-state index in [2.05, 4.69) is 15.9 Å². The average molecular weight is 319 g/mol. The van der Waals surface area contributed by atoms with Crippen molar-refractivity contribution in [2.45, 2.75) is 13.1 Å². The lowest BCUT2D eigenvalue weighted by atomic mass is 10.0. The Balaban J connectivity index is 3.81. The number of hydrogen-bond donors (Lipinski definition) is 1. The van der Waals surface area contributed by atoms with Gasteiger partial charge in [0.1, 0.15) is 5.56 Å². The summed E-state index contributed by atoms with van der Waals surface area (Å²) >= 11 is 2.47. The summed E-state index contributed by atoms with van der Waals surface area (Å²) in [7, 11) is 0.